The summed E-state index contributed by atoms with van der Waals surface area (Å²) in [6.07, 6.45) is 5.21. The monoisotopic (exact) mass is 668 g/mol. The van der Waals surface area contributed by atoms with Crippen LogP contribution in [0.15, 0.2) is 96.1 Å². The third-order valence-corrected chi connectivity index (χ3v) is 24.3. The van der Waals surface area contributed by atoms with E-state index >= 15 is 0 Å². The van der Waals surface area contributed by atoms with Crippen molar-refractivity contribution in [2.75, 3.05) is 0 Å². The van der Waals surface area contributed by atoms with Gasteiger partial charge in [-0.25, -0.2) is 0 Å². The van der Waals surface area contributed by atoms with Crippen molar-refractivity contribution < 1.29 is 20.3 Å². The van der Waals surface area contributed by atoms with E-state index in [9.17, 15) is 0 Å². The number of allylic oxidation sites excluding steroid dienone is 2. The minimum atomic E-state index is -2.74. The van der Waals surface area contributed by atoms with E-state index in [1.807, 2.05) is 0 Å². The molecule has 0 saturated carbocycles. The maximum atomic E-state index is 2.64. The predicted octanol–water partition coefficient (Wildman–Crippen LogP) is 12.9. The van der Waals surface area contributed by atoms with E-state index in [1.54, 1.807) is 22.3 Å². The van der Waals surface area contributed by atoms with Crippen molar-refractivity contribution in [3.63, 3.8) is 0 Å². The van der Waals surface area contributed by atoms with Crippen molar-refractivity contribution in [3.05, 3.63) is 129 Å². The van der Waals surface area contributed by atoms with Gasteiger partial charge in [0.15, 0.2) is 0 Å². The number of rotatable bonds is 5. The zero-order valence-electron chi connectivity index (χ0n) is 28.9. The zero-order chi connectivity index (χ0) is 31.9. The fourth-order valence-electron chi connectivity index (χ4n) is 8.57. The van der Waals surface area contributed by atoms with Crippen molar-refractivity contribution in [1.82, 2.24) is 0 Å². The van der Waals surface area contributed by atoms with Crippen molar-refractivity contribution in [1.29, 1.82) is 0 Å². The Bertz CT molecular complexity index is 1830. The first-order valence-electron chi connectivity index (χ1n) is 17.2. The Balaban J connectivity index is 1.30. The molecule has 0 aromatic heterocycles. The molecule has 1 fully saturated rings. The van der Waals surface area contributed by atoms with Gasteiger partial charge in [-0.05, 0) is 0 Å². The molecule has 4 aromatic carbocycles. The van der Waals surface area contributed by atoms with E-state index in [0.717, 1.165) is 0 Å². The fourth-order valence-corrected chi connectivity index (χ4v) is 26.5. The van der Waals surface area contributed by atoms with Crippen LogP contribution in [0.4, 0.5) is 0 Å². The molecular formula is C44H50Zr. The molecule has 0 amide bonds. The van der Waals surface area contributed by atoms with E-state index in [0.29, 0.717) is 13.2 Å². The molecule has 7 rings (SSSR count). The average Bonchev–Trinajstić information content (AvgIpc) is 3.54. The molecule has 0 spiro atoms. The van der Waals surface area contributed by atoms with Gasteiger partial charge in [-0.2, -0.15) is 0 Å². The van der Waals surface area contributed by atoms with E-state index in [4.69, 9.17) is 0 Å². The van der Waals surface area contributed by atoms with Crippen LogP contribution in [-0.4, -0.2) is 0 Å². The van der Waals surface area contributed by atoms with Gasteiger partial charge in [0.2, 0.25) is 0 Å². The Morgan fingerprint density at radius 2 is 1.02 bits per heavy atom. The molecule has 1 heterocycles. The summed E-state index contributed by atoms with van der Waals surface area (Å²) >= 11 is -2.74. The van der Waals surface area contributed by atoms with Crippen LogP contribution < -0.4 is 0 Å². The van der Waals surface area contributed by atoms with Crippen molar-refractivity contribution in [3.8, 4) is 22.3 Å². The van der Waals surface area contributed by atoms with Gasteiger partial charge >= 0.3 is 279 Å². The van der Waals surface area contributed by atoms with Gasteiger partial charge in [0, 0.05) is 0 Å². The molecule has 0 radical (unpaired) electrons. The second-order valence-electron chi connectivity index (χ2n) is 16.6. The summed E-state index contributed by atoms with van der Waals surface area (Å²) in [7, 11) is 0. The molecule has 4 aromatic rings. The molecule has 1 saturated heterocycles. The molecule has 3 aliphatic rings. The molecule has 1 aliphatic heterocycles. The summed E-state index contributed by atoms with van der Waals surface area (Å²) in [4.78, 5) is 0. The Labute approximate surface area is 277 Å². The van der Waals surface area contributed by atoms with Gasteiger partial charge in [0.25, 0.3) is 0 Å². The first kappa shape index (κ1) is 30.9. The van der Waals surface area contributed by atoms with Crippen LogP contribution in [0.5, 0.6) is 0 Å². The third kappa shape index (κ3) is 5.23. The quantitative estimate of drug-likeness (QED) is 0.198. The van der Waals surface area contributed by atoms with Crippen LogP contribution >= 0.6 is 0 Å². The summed E-state index contributed by atoms with van der Waals surface area (Å²) in [5.74, 6) is 0.561. The molecule has 1 heteroatoms. The number of hydrogen-bond acceptors (Lipinski definition) is 0. The number of benzene rings is 4. The van der Waals surface area contributed by atoms with Crippen LogP contribution in [0.25, 0.3) is 34.4 Å². The number of hydrogen-bond donors (Lipinski definition) is 0. The Morgan fingerprint density at radius 1 is 0.578 bits per heavy atom. The van der Waals surface area contributed by atoms with Gasteiger partial charge in [-0.15, -0.1) is 0 Å². The molecule has 2 atom stereocenters. The van der Waals surface area contributed by atoms with E-state index in [1.165, 1.54) is 52.8 Å². The minimum absolute atomic E-state index is 0.165. The van der Waals surface area contributed by atoms with Crippen LogP contribution in [0, 0.1) is 5.92 Å². The van der Waals surface area contributed by atoms with Gasteiger partial charge in [0.05, 0.1) is 0 Å². The summed E-state index contributed by atoms with van der Waals surface area (Å²) in [6.45, 7) is 21.1. The molecule has 2 aliphatic carbocycles. The molecule has 2 unspecified atom stereocenters. The Kier molecular flexibility index (Phi) is 7.49. The molecular weight excluding hydrogens is 620 g/mol. The Morgan fingerprint density at radius 3 is 1.44 bits per heavy atom. The van der Waals surface area contributed by atoms with Crippen LogP contribution in [-0.2, 0) is 31.1 Å². The average molecular weight is 670 g/mol. The van der Waals surface area contributed by atoms with Crippen LogP contribution in [0.3, 0.4) is 0 Å². The fraction of sp³-hybridized carbons (Fsp3) is 0.364. The third-order valence-electron chi connectivity index (χ3n) is 11.1. The molecule has 230 valence electrons. The second-order valence-corrected chi connectivity index (χ2v) is 27.9. The molecule has 0 bridgehead atoms. The van der Waals surface area contributed by atoms with E-state index in [-0.39, 0.29) is 10.8 Å². The van der Waals surface area contributed by atoms with Crippen molar-refractivity contribution in [2.24, 2.45) is 5.92 Å². The SMILES string of the molecule is CC1=Cc2c(-c3ccc(C(C)(C)C)cc3)cccc2[CH]1[Zr]1([CH]2C(C(C)C)=Cc3c(-c4ccc(C(C)(C)C)cc4)cccc32)[CH2][CH2]1. The van der Waals surface area contributed by atoms with Gasteiger partial charge in [-0.3, -0.25) is 0 Å². The van der Waals surface area contributed by atoms with Gasteiger partial charge < -0.3 is 0 Å². The summed E-state index contributed by atoms with van der Waals surface area (Å²) in [5, 5.41) is 0. The summed E-state index contributed by atoms with van der Waals surface area (Å²) < 4.78 is 4.31. The van der Waals surface area contributed by atoms with Crippen molar-refractivity contribution >= 4 is 12.2 Å². The number of fused-ring (bicyclic) bond motifs is 2. The molecule has 45 heavy (non-hydrogen) atoms. The summed E-state index contributed by atoms with van der Waals surface area (Å²) in [6, 6.07) is 33.2. The molecule has 0 nitrogen and oxygen atoms in total. The molecule has 0 N–H and O–H groups in total. The Hall–Kier alpha value is -2.76. The zero-order valence-corrected chi connectivity index (χ0v) is 31.3. The first-order valence-corrected chi connectivity index (χ1v) is 23.5. The second kappa shape index (κ2) is 10.9. The van der Waals surface area contributed by atoms with E-state index < -0.39 is 20.3 Å². The van der Waals surface area contributed by atoms with Crippen molar-refractivity contribution in [2.45, 2.75) is 88.7 Å². The standard InChI is InChI=1S/C22H25.C20H21.C2H4.Zr/c1-15(2)18-13-17-7-6-8-20(21(17)14-18)16-9-11-19(12-10-16)22(3,4)5;1-14-12-16-6-5-7-18(19(16)13-14)15-8-10-17(11-9-15)20(2,3)4;1-2;/h6-15H,1-5H3;5-13H,1-4H3;1-2H2;. The normalized spacial score (nSPS) is 20.1. The summed E-state index contributed by atoms with van der Waals surface area (Å²) in [5.41, 5.74) is 18.3. The van der Waals surface area contributed by atoms with Gasteiger partial charge in [0.1, 0.15) is 0 Å². The maximum absolute atomic E-state index is 2.74. The first-order chi connectivity index (χ1) is 21.3. The van der Waals surface area contributed by atoms with E-state index in [2.05, 4.69) is 159 Å². The van der Waals surface area contributed by atoms with Gasteiger partial charge in [-0.1, -0.05) is 0 Å². The topological polar surface area (TPSA) is 0 Å². The van der Waals surface area contributed by atoms with Crippen LogP contribution in [0.1, 0.15) is 103 Å². The predicted molar refractivity (Wildman–Crippen MR) is 193 cm³/mol. The van der Waals surface area contributed by atoms with Crippen LogP contribution in [0.2, 0.25) is 8.26 Å².